The number of phenolic OH excluding ortho intramolecular Hbond substituents is 1. The van der Waals surface area contributed by atoms with Gasteiger partial charge >= 0.3 is 0 Å². The van der Waals surface area contributed by atoms with Gasteiger partial charge in [-0.25, -0.2) is 0 Å². The Balaban J connectivity index is 1.87. The third-order valence-electron chi connectivity index (χ3n) is 5.84. The van der Waals surface area contributed by atoms with Gasteiger partial charge < -0.3 is 26.8 Å². The van der Waals surface area contributed by atoms with Crippen LogP contribution in [0, 0.1) is 17.8 Å². The predicted molar refractivity (Wildman–Crippen MR) is 93.3 cm³/mol. The standard InChI is InChI=1S/C19H18N2O6/c20-14-8-5-7-4-6-2-1-3-9(22)10(6)15(23)11(7)16(24)12(8)17(25)13(18(14)26)19(21)27/h1-3,7-8,12,14,22-23,26H,4-5,20H2,(H2,21,27)/t7-,8+,12?,14+/m0/s1. The lowest BCUT2D eigenvalue weighted by Gasteiger charge is -2.43. The second-order valence-corrected chi connectivity index (χ2v) is 7.23. The van der Waals surface area contributed by atoms with Crippen LogP contribution in [0.2, 0.25) is 0 Å². The second kappa shape index (κ2) is 5.68. The summed E-state index contributed by atoms with van der Waals surface area (Å²) in [7, 11) is 0. The highest BCUT2D eigenvalue weighted by Crippen LogP contribution is 2.49. The summed E-state index contributed by atoms with van der Waals surface area (Å²) in [4.78, 5) is 37.4. The van der Waals surface area contributed by atoms with Crippen LogP contribution in [0.1, 0.15) is 17.5 Å². The zero-order chi connectivity index (χ0) is 19.6. The Morgan fingerprint density at radius 2 is 1.81 bits per heavy atom. The maximum Gasteiger partial charge on any atom is 0.255 e. The molecule has 1 saturated carbocycles. The normalized spacial score (nSPS) is 30.0. The first-order valence-electron chi connectivity index (χ1n) is 8.55. The molecular formula is C19H18N2O6. The molecule has 0 aromatic heterocycles. The van der Waals surface area contributed by atoms with E-state index in [9.17, 15) is 29.7 Å². The van der Waals surface area contributed by atoms with E-state index in [2.05, 4.69) is 0 Å². The molecule has 4 atom stereocenters. The average molecular weight is 370 g/mol. The highest BCUT2D eigenvalue weighted by atomic mass is 16.3. The molecule has 0 bridgehead atoms. The van der Waals surface area contributed by atoms with E-state index in [0.717, 1.165) is 0 Å². The lowest BCUT2D eigenvalue weighted by Crippen LogP contribution is -2.54. The van der Waals surface area contributed by atoms with Gasteiger partial charge in [0.2, 0.25) is 0 Å². The van der Waals surface area contributed by atoms with Crippen LogP contribution in [0.15, 0.2) is 35.1 Å². The highest BCUT2D eigenvalue weighted by Gasteiger charge is 2.54. The number of ketones is 2. The van der Waals surface area contributed by atoms with Crippen molar-refractivity contribution in [3.63, 3.8) is 0 Å². The van der Waals surface area contributed by atoms with Gasteiger partial charge in [0.1, 0.15) is 22.8 Å². The molecule has 0 saturated heterocycles. The summed E-state index contributed by atoms with van der Waals surface area (Å²) in [6.45, 7) is 0. The fraction of sp³-hybridized carbons (Fsp3) is 0.316. The molecule has 0 heterocycles. The van der Waals surface area contributed by atoms with Crippen LogP contribution in [0.4, 0.5) is 0 Å². The van der Waals surface area contributed by atoms with E-state index in [0.29, 0.717) is 12.0 Å². The Morgan fingerprint density at radius 3 is 2.48 bits per heavy atom. The lowest BCUT2D eigenvalue weighted by molar-refractivity contribution is -0.135. The summed E-state index contributed by atoms with van der Waals surface area (Å²) in [6, 6.07) is 3.71. The lowest BCUT2D eigenvalue weighted by atomic mass is 9.60. The zero-order valence-electron chi connectivity index (χ0n) is 14.2. The van der Waals surface area contributed by atoms with E-state index >= 15 is 0 Å². The number of aliphatic hydroxyl groups excluding tert-OH is 2. The van der Waals surface area contributed by atoms with E-state index in [1.54, 1.807) is 12.1 Å². The summed E-state index contributed by atoms with van der Waals surface area (Å²) < 4.78 is 0. The fourth-order valence-corrected chi connectivity index (χ4v) is 4.64. The molecule has 0 radical (unpaired) electrons. The summed E-state index contributed by atoms with van der Waals surface area (Å²) in [6.07, 6.45) is 0.653. The summed E-state index contributed by atoms with van der Waals surface area (Å²) in [5, 5.41) is 30.9. The number of carbonyl (C=O) groups excluding carboxylic acids is 3. The van der Waals surface area contributed by atoms with Crippen molar-refractivity contribution in [3.05, 3.63) is 46.2 Å². The second-order valence-electron chi connectivity index (χ2n) is 7.23. The summed E-state index contributed by atoms with van der Waals surface area (Å²) in [5.74, 6) is -6.18. The van der Waals surface area contributed by atoms with Crippen LogP contribution in [0.25, 0.3) is 5.76 Å². The van der Waals surface area contributed by atoms with Gasteiger partial charge in [0.05, 0.1) is 17.5 Å². The van der Waals surface area contributed by atoms with Crippen LogP contribution in [-0.2, 0) is 20.8 Å². The van der Waals surface area contributed by atoms with E-state index in [-0.39, 0.29) is 29.1 Å². The SMILES string of the molecule is NC(=O)C1=C(O)[C@H](N)[C@@H]2C[C@@H]3Cc4cccc(O)c4C(O)=C3C(=O)C2C1=O. The van der Waals surface area contributed by atoms with Gasteiger partial charge in [0, 0.05) is 5.57 Å². The third kappa shape index (κ3) is 2.23. The number of phenols is 1. The number of aromatic hydroxyl groups is 1. The van der Waals surface area contributed by atoms with Gasteiger partial charge in [-0.1, -0.05) is 12.1 Å². The minimum atomic E-state index is -1.29. The van der Waals surface area contributed by atoms with Gasteiger partial charge in [-0.05, 0) is 36.3 Å². The molecule has 1 unspecified atom stereocenters. The molecule has 1 aromatic rings. The molecule has 0 aliphatic heterocycles. The van der Waals surface area contributed by atoms with Gasteiger partial charge in [-0.15, -0.1) is 0 Å². The first-order valence-corrected chi connectivity index (χ1v) is 8.55. The van der Waals surface area contributed by atoms with Gasteiger partial charge in [0.25, 0.3) is 5.91 Å². The maximum atomic E-state index is 13.1. The number of benzene rings is 1. The molecule has 7 N–H and O–H groups in total. The first-order chi connectivity index (χ1) is 12.7. The Labute approximate surface area is 153 Å². The van der Waals surface area contributed by atoms with Gasteiger partial charge in [-0.2, -0.15) is 0 Å². The topological polar surface area (TPSA) is 164 Å². The van der Waals surface area contributed by atoms with Gasteiger partial charge in [-0.3, -0.25) is 14.4 Å². The highest BCUT2D eigenvalue weighted by molar-refractivity contribution is 6.28. The van der Waals surface area contributed by atoms with Crippen molar-refractivity contribution in [2.24, 2.45) is 29.2 Å². The van der Waals surface area contributed by atoms with Crippen molar-refractivity contribution in [1.29, 1.82) is 0 Å². The monoisotopic (exact) mass is 370 g/mol. The largest absolute Gasteiger partial charge is 0.510 e. The molecule has 8 nitrogen and oxygen atoms in total. The number of Topliss-reactive ketones (excluding diaryl/α,β-unsaturated/α-hetero) is 2. The van der Waals surface area contributed by atoms with E-state index in [4.69, 9.17) is 11.5 Å². The number of nitrogens with two attached hydrogens (primary N) is 2. The smallest absolute Gasteiger partial charge is 0.255 e. The number of carbonyl (C=O) groups is 3. The zero-order valence-corrected chi connectivity index (χ0v) is 14.2. The Hall–Kier alpha value is -3.13. The number of hydrogen-bond donors (Lipinski definition) is 5. The predicted octanol–water partition coefficient (Wildman–Crippen LogP) is 0.246. The first kappa shape index (κ1) is 17.3. The van der Waals surface area contributed by atoms with Crippen molar-refractivity contribution in [3.8, 4) is 5.75 Å². The third-order valence-corrected chi connectivity index (χ3v) is 5.84. The molecule has 3 aliphatic rings. The van der Waals surface area contributed by atoms with Crippen molar-refractivity contribution in [1.82, 2.24) is 0 Å². The fourth-order valence-electron chi connectivity index (χ4n) is 4.64. The number of amides is 1. The Kier molecular flexibility index (Phi) is 3.64. The number of hydrogen-bond acceptors (Lipinski definition) is 7. The maximum absolute atomic E-state index is 13.1. The number of aliphatic hydroxyl groups is 2. The van der Waals surface area contributed by atoms with E-state index in [1.165, 1.54) is 6.07 Å². The molecule has 8 heteroatoms. The average Bonchev–Trinajstić information content (AvgIpc) is 2.59. The molecule has 0 spiro atoms. The minimum absolute atomic E-state index is 0.0519. The van der Waals surface area contributed by atoms with Crippen LogP contribution >= 0.6 is 0 Å². The van der Waals surface area contributed by atoms with Crippen molar-refractivity contribution in [2.75, 3.05) is 0 Å². The molecule has 27 heavy (non-hydrogen) atoms. The van der Waals surface area contributed by atoms with Crippen molar-refractivity contribution >= 4 is 23.2 Å². The minimum Gasteiger partial charge on any atom is -0.510 e. The molecule has 1 aromatic carbocycles. The molecule has 3 aliphatic carbocycles. The summed E-state index contributed by atoms with van der Waals surface area (Å²) in [5.41, 5.74) is 11.5. The van der Waals surface area contributed by atoms with Crippen LogP contribution in [-0.4, -0.2) is 38.8 Å². The number of fused-ring (bicyclic) bond motifs is 3. The molecule has 140 valence electrons. The van der Waals surface area contributed by atoms with E-state index < -0.39 is 52.6 Å². The Morgan fingerprint density at radius 1 is 1.11 bits per heavy atom. The van der Waals surface area contributed by atoms with Crippen LogP contribution < -0.4 is 11.5 Å². The van der Waals surface area contributed by atoms with Crippen LogP contribution in [0.5, 0.6) is 5.75 Å². The number of allylic oxidation sites excluding steroid dienone is 1. The van der Waals surface area contributed by atoms with Crippen LogP contribution in [0.3, 0.4) is 0 Å². The molecular weight excluding hydrogens is 352 g/mol. The number of primary amides is 1. The van der Waals surface area contributed by atoms with Crippen molar-refractivity contribution in [2.45, 2.75) is 18.9 Å². The molecule has 4 rings (SSSR count). The molecule has 1 fully saturated rings. The van der Waals surface area contributed by atoms with Gasteiger partial charge in [0.15, 0.2) is 11.6 Å². The quantitative estimate of drug-likeness (QED) is 0.349. The molecule has 1 amide bonds. The van der Waals surface area contributed by atoms with E-state index in [1.807, 2.05) is 0 Å². The summed E-state index contributed by atoms with van der Waals surface area (Å²) >= 11 is 0. The number of rotatable bonds is 1. The van der Waals surface area contributed by atoms with Crippen molar-refractivity contribution < 1.29 is 29.7 Å². The Bertz CT molecular complexity index is 976.